The van der Waals surface area contributed by atoms with E-state index in [1.807, 2.05) is 18.5 Å². The molecular formula is C14H18N4O2. The van der Waals surface area contributed by atoms with Crippen LogP contribution < -0.4 is 10.2 Å². The van der Waals surface area contributed by atoms with Crippen LogP contribution in [0.2, 0.25) is 0 Å². The zero-order chi connectivity index (χ0) is 13.9. The molecule has 1 aromatic carbocycles. The maximum absolute atomic E-state index is 10.7. The number of nitrogens with zero attached hydrogens (tertiary/aromatic N) is 3. The molecule has 0 saturated carbocycles. The molecule has 1 atom stereocenters. The van der Waals surface area contributed by atoms with Crippen molar-refractivity contribution in [2.75, 3.05) is 24.5 Å². The van der Waals surface area contributed by atoms with Crippen LogP contribution in [0.15, 0.2) is 29.3 Å². The normalized spacial score (nSPS) is 22.8. The molecule has 3 rings (SSSR count). The van der Waals surface area contributed by atoms with Crippen molar-refractivity contribution in [1.29, 1.82) is 0 Å². The van der Waals surface area contributed by atoms with E-state index in [0.29, 0.717) is 12.0 Å². The number of hydrogen-bond acceptors (Lipinski definition) is 5. The van der Waals surface area contributed by atoms with Gasteiger partial charge in [-0.05, 0) is 30.9 Å². The summed E-state index contributed by atoms with van der Waals surface area (Å²) >= 11 is 0. The maximum Gasteiger partial charge on any atom is 0.269 e. The second-order valence-corrected chi connectivity index (χ2v) is 5.37. The van der Waals surface area contributed by atoms with Crippen molar-refractivity contribution in [3.05, 3.63) is 34.4 Å². The summed E-state index contributed by atoms with van der Waals surface area (Å²) in [6.45, 7) is 2.89. The van der Waals surface area contributed by atoms with Crippen molar-refractivity contribution in [1.82, 2.24) is 5.32 Å². The van der Waals surface area contributed by atoms with Crippen LogP contribution in [0, 0.1) is 16.0 Å². The zero-order valence-corrected chi connectivity index (χ0v) is 11.2. The maximum atomic E-state index is 10.7. The first kappa shape index (κ1) is 12.9. The molecule has 106 valence electrons. The molecule has 2 aliphatic heterocycles. The third-order valence-corrected chi connectivity index (χ3v) is 4.22. The van der Waals surface area contributed by atoms with Crippen LogP contribution in [0.3, 0.4) is 0 Å². The summed E-state index contributed by atoms with van der Waals surface area (Å²) in [7, 11) is 0. The minimum Gasteiger partial charge on any atom is -0.372 e. The average molecular weight is 274 g/mol. The Kier molecular flexibility index (Phi) is 3.54. The van der Waals surface area contributed by atoms with Crippen molar-refractivity contribution in [3.63, 3.8) is 0 Å². The minimum atomic E-state index is -0.359. The van der Waals surface area contributed by atoms with Crippen LogP contribution in [0.1, 0.15) is 12.8 Å². The van der Waals surface area contributed by atoms with Crippen molar-refractivity contribution in [2.24, 2.45) is 10.9 Å². The summed E-state index contributed by atoms with van der Waals surface area (Å²) in [6.07, 6.45) is 4.09. The lowest BCUT2D eigenvalue weighted by atomic mass is 9.89. The number of anilines is 1. The average Bonchev–Trinajstić information content (AvgIpc) is 3.02. The van der Waals surface area contributed by atoms with Gasteiger partial charge in [0.05, 0.1) is 17.8 Å². The fourth-order valence-electron chi connectivity index (χ4n) is 3.00. The quantitative estimate of drug-likeness (QED) is 0.674. The molecule has 6 nitrogen and oxygen atoms in total. The lowest BCUT2D eigenvalue weighted by molar-refractivity contribution is -0.384. The summed E-state index contributed by atoms with van der Waals surface area (Å²) < 4.78 is 0. The third-order valence-electron chi connectivity index (χ3n) is 4.22. The van der Waals surface area contributed by atoms with Gasteiger partial charge in [-0.25, -0.2) is 0 Å². The number of piperidine rings is 1. The second-order valence-electron chi connectivity index (χ2n) is 5.37. The Balaban J connectivity index is 1.58. The predicted octanol–water partition coefficient (Wildman–Crippen LogP) is 1.81. The van der Waals surface area contributed by atoms with Crippen LogP contribution in [0.5, 0.6) is 0 Å². The topological polar surface area (TPSA) is 70.8 Å². The first-order valence-electron chi connectivity index (χ1n) is 6.98. The van der Waals surface area contributed by atoms with E-state index < -0.39 is 0 Å². The number of hydrogen-bond donors (Lipinski definition) is 1. The van der Waals surface area contributed by atoms with Crippen molar-refractivity contribution < 1.29 is 4.92 Å². The van der Waals surface area contributed by atoms with E-state index in [-0.39, 0.29) is 10.6 Å². The van der Waals surface area contributed by atoms with Crippen molar-refractivity contribution >= 4 is 17.7 Å². The van der Waals surface area contributed by atoms with Gasteiger partial charge in [0.15, 0.2) is 0 Å². The van der Waals surface area contributed by atoms with Gasteiger partial charge < -0.3 is 10.2 Å². The van der Waals surface area contributed by atoms with Gasteiger partial charge in [0.1, 0.15) is 0 Å². The number of aliphatic imine (C=N–C) groups is 1. The molecule has 1 fully saturated rings. The molecule has 0 aromatic heterocycles. The fraction of sp³-hybridized carbons (Fsp3) is 0.500. The van der Waals surface area contributed by atoms with Gasteiger partial charge in [0, 0.05) is 37.0 Å². The van der Waals surface area contributed by atoms with E-state index >= 15 is 0 Å². The van der Waals surface area contributed by atoms with E-state index in [1.165, 1.54) is 0 Å². The van der Waals surface area contributed by atoms with Crippen LogP contribution in [0.25, 0.3) is 0 Å². The van der Waals surface area contributed by atoms with Crippen LogP contribution in [-0.4, -0.2) is 36.9 Å². The van der Waals surface area contributed by atoms with Gasteiger partial charge in [-0.2, -0.15) is 0 Å². The van der Waals surface area contributed by atoms with Crippen LogP contribution >= 0.6 is 0 Å². The molecule has 0 spiro atoms. The molecule has 0 radical (unpaired) electrons. The molecule has 6 heteroatoms. The number of nitro groups is 1. The molecule has 0 aliphatic carbocycles. The largest absolute Gasteiger partial charge is 0.372 e. The van der Waals surface area contributed by atoms with E-state index in [2.05, 4.69) is 15.2 Å². The summed E-state index contributed by atoms with van der Waals surface area (Å²) in [5, 5.41) is 14.0. The lowest BCUT2D eigenvalue weighted by Gasteiger charge is -2.35. The van der Waals surface area contributed by atoms with Gasteiger partial charge in [0.2, 0.25) is 0 Å². The summed E-state index contributed by atoms with van der Waals surface area (Å²) in [4.78, 5) is 16.8. The van der Waals surface area contributed by atoms with E-state index in [1.54, 1.807) is 12.1 Å². The highest BCUT2D eigenvalue weighted by atomic mass is 16.6. The van der Waals surface area contributed by atoms with Crippen LogP contribution in [0.4, 0.5) is 11.4 Å². The molecule has 1 saturated heterocycles. The summed E-state index contributed by atoms with van der Waals surface area (Å²) in [5.41, 5.74) is 1.22. The molecule has 0 amide bonds. The smallest absolute Gasteiger partial charge is 0.269 e. The molecule has 1 unspecified atom stereocenters. The molecule has 2 aliphatic rings. The SMILES string of the molecule is O=[N+]([O-])c1ccc(N2CCC(C3CN=CN3)CC2)cc1. The highest BCUT2D eigenvalue weighted by Crippen LogP contribution is 2.27. The minimum absolute atomic E-state index is 0.149. The van der Waals surface area contributed by atoms with Crippen molar-refractivity contribution in [2.45, 2.75) is 18.9 Å². The number of nitrogens with one attached hydrogen (secondary N) is 1. The Morgan fingerprint density at radius 2 is 1.95 bits per heavy atom. The molecule has 0 bridgehead atoms. The number of non-ortho nitro benzene ring substituents is 1. The van der Waals surface area contributed by atoms with E-state index in [4.69, 9.17) is 0 Å². The Morgan fingerprint density at radius 3 is 2.50 bits per heavy atom. The molecule has 1 N–H and O–H groups in total. The van der Waals surface area contributed by atoms with E-state index in [0.717, 1.165) is 38.2 Å². The Bertz CT molecular complexity index is 498. The molecule has 20 heavy (non-hydrogen) atoms. The zero-order valence-electron chi connectivity index (χ0n) is 11.2. The monoisotopic (exact) mass is 274 g/mol. The van der Waals surface area contributed by atoms with Gasteiger partial charge >= 0.3 is 0 Å². The third kappa shape index (κ3) is 2.59. The Hall–Kier alpha value is -2.11. The van der Waals surface area contributed by atoms with E-state index in [9.17, 15) is 10.1 Å². The second kappa shape index (κ2) is 5.48. The highest BCUT2D eigenvalue weighted by Gasteiger charge is 2.27. The van der Waals surface area contributed by atoms with Crippen molar-refractivity contribution in [3.8, 4) is 0 Å². The number of rotatable bonds is 3. The Morgan fingerprint density at radius 1 is 1.25 bits per heavy atom. The first-order valence-corrected chi connectivity index (χ1v) is 6.98. The standard InChI is InChI=1S/C14H18N4O2/c19-18(20)13-3-1-12(2-4-13)17-7-5-11(6-8-17)14-9-15-10-16-14/h1-4,10-11,14H,5-9H2,(H,15,16). The van der Waals surface area contributed by atoms with Crippen LogP contribution in [-0.2, 0) is 0 Å². The lowest BCUT2D eigenvalue weighted by Crippen LogP contribution is -2.42. The predicted molar refractivity (Wildman–Crippen MR) is 78.3 cm³/mol. The fourth-order valence-corrected chi connectivity index (χ4v) is 3.00. The molecule has 1 aromatic rings. The molecule has 2 heterocycles. The summed E-state index contributed by atoms with van der Waals surface area (Å²) in [5.74, 6) is 0.673. The molecular weight excluding hydrogens is 256 g/mol. The number of benzene rings is 1. The van der Waals surface area contributed by atoms with Gasteiger partial charge in [-0.15, -0.1) is 0 Å². The summed E-state index contributed by atoms with van der Waals surface area (Å²) in [6, 6.07) is 7.33. The first-order chi connectivity index (χ1) is 9.74. The van der Waals surface area contributed by atoms with Gasteiger partial charge in [-0.3, -0.25) is 15.1 Å². The highest BCUT2D eigenvalue weighted by molar-refractivity contribution is 5.57. The number of nitro benzene ring substituents is 1. The van der Waals surface area contributed by atoms with Gasteiger partial charge in [0.25, 0.3) is 5.69 Å². The Labute approximate surface area is 117 Å². The van der Waals surface area contributed by atoms with Gasteiger partial charge in [-0.1, -0.05) is 0 Å².